The lowest BCUT2D eigenvalue weighted by atomic mass is 9.83. The van der Waals surface area contributed by atoms with Crippen molar-refractivity contribution < 1.29 is 13.2 Å². The Bertz CT molecular complexity index is 1200. The van der Waals surface area contributed by atoms with E-state index >= 15 is 0 Å². The zero-order chi connectivity index (χ0) is 19.2. The van der Waals surface area contributed by atoms with Crippen molar-refractivity contribution in [2.75, 3.05) is 0 Å². The van der Waals surface area contributed by atoms with Gasteiger partial charge in [0, 0.05) is 29.0 Å². The van der Waals surface area contributed by atoms with Gasteiger partial charge in [0.15, 0.2) is 5.78 Å². The number of Topliss-reactive ketones (excluding diaryl/α,β-unsaturated/α-hetero) is 1. The monoisotopic (exact) mass is 378 g/mol. The molecule has 0 fully saturated rings. The SMILES string of the molecule is Cc1ccc(S(=O)(=O)n2c3c(c4ccccc42)C(=O)C(CC#N)CC3)cc1. The van der Waals surface area contributed by atoms with Crippen molar-refractivity contribution >= 4 is 26.7 Å². The summed E-state index contributed by atoms with van der Waals surface area (Å²) in [5.41, 5.74) is 2.46. The molecule has 27 heavy (non-hydrogen) atoms. The average Bonchev–Trinajstić information content (AvgIpc) is 3.00. The molecule has 3 aromatic rings. The van der Waals surface area contributed by atoms with Crippen molar-refractivity contribution in [1.29, 1.82) is 5.26 Å². The first-order chi connectivity index (χ1) is 12.9. The van der Waals surface area contributed by atoms with Crippen LogP contribution in [-0.4, -0.2) is 18.2 Å². The number of carbonyl (C=O) groups is 1. The molecule has 1 atom stereocenters. The van der Waals surface area contributed by atoms with E-state index in [1.807, 2.05) is 6.92 Å². The highest BCUT2D eigenvalue weighted by Crippen LogP contribution is 2.37. The molecule has 0 saturated heterocycles. The number of nitrogens with zero attached hydrogens (tertiary/aromatic N) is 2. The molecule has 1 unspecified atom stereocenters. The molecular weight excluding hydrogens is 360 g/mol. The van der Waals surface area contributed by atoms with Crippen LogP contribution in [0.15, 0.2) is 53.4 Å². The van der Waals surface area contributed by atoms with Gasteiger partial charge in [-0.3, -0.25) is 4.79 Å². The molecule has 0 amide bonds. The normalized spacial score (nSPS) is 16.9. The Labute approximate surface area is 157 Å². The number of para-hydroxylation sites is 1. The number of carbonyl (C=O) groups excluding carboxylic acids is 1. The molecule has 2 aromatic carbocycles. The van der Waals surface area contributed by atoms with E-state index in [9.17, 15) is 13.2 Å². The number of aryl methyl sites for hydroxylation is 1. The number of hydrogen-bond acceptors (Lipinski definition) is 4. The molecule has 4 rings (SSSR count). The summed E-state index contributed by atoms with van der Waals surface area (Å²) in [6, 6.07) is 15.9. The number of benzene rings is 2. The van der Waals surface area contributed by atoms with Crippen molar-refractivity contribution in [2.45, 2.75) is 31.1 Å². The molecule has 0 spiro atoms. The van der Waals surface area contributed by atoms with Crippen LogP contribution in [0.25, 0.3) is 10.9 Å². The fourth-order valence-electron chi connectivity index (χ4n) is 3.81. The van der Waals surface area contributed by atoms with Gasteiger partial charge in [-0.25, -0.2) is 12.4 Å². The van der Waals surface area contributed by atoms with Crippen LogP contribution in [0, 0.1) is 24.2 Å². The summed E-state index contributed by atoms with van der Waals surface area (Å²) < 4.78 is 28.1. The summed E-state index contributed by atoms with van der Waals surface area (Å²) in [6.45, 7) is 1.90. The van der Waals surface area contributed by atoms with E-state index in [1.54, 1.807) is 48.5 Å². The predicted molar refractivity (Wildman–Crippen MR) is 102 cm³/mol. The number of rotatable bonds is 3. The lowest BCUT2D eigenvalue weighted by molar-refractivity contribution is 0.0905. The van der Waals surface area contributed by atoms with Gasteiger partial charge in [0.05, 0.1) is 16.5 Å². The first-order valence-corrected chi connectivity index (χ1v) is 10.2. The van der Waals surface area contributed by atoms with E-state index in [4.69, 9.17) is 5.26 Å². The maximum absolute atomic E-state index is 13.4. The first-order valence-electron chi connectivity index (χ1n) is 8.81. The second-order valence-electron chi connectivity index (χ2n) is 6.88. The minimum Gasteiger partial charge on any atom is -0.294 e. The largest absolute Gasteiger partial charge is 0.294 e. The topological polar surface area (TPSA) is 79.9 Å². The van der Waals surface area contributed by atoms with Crippen LogP contribution in [0.1, 0.15) is 34.5 Å². The second-order valence-corrected chi connectivity index (χ2v) is 8.67. The standard InChI is InChI=1S/C21H18N2O3S/c1-14-6-9-16(10-7-14)27(25,26)23-18-5-3-2-4-17(18)20-19(23)11-8-15(12-13-22)21(20)24/h2-7,9-10,15H,8,11-12H2,1H3. The zero-order valence-corrected chi connectivity index (χ0v) is 15.7. The molecule has 0 bridgehead atoms. The van der Waals surface area contributed by atoms with Crippen molar-refractivity contribution in [3.8, 4) is 6.07 Å². The minimum absolute atomic E-state index is 0.133. The van der Waals surface area contributed by atoms with Gasteiger partial charge in [-0.15, -0.1) is 0 Å². The van der Waals surface area contributed by atoms with Gasteiger partial charge < -0.3 is 0 Å². The van der Waals surface area contributed by atoms with Gasteiger partial charge in [0.1, 0.15) is 0 Å². The Morgan fingerprint density at radius 3 is 2.56 bits per heavy atom. The molecule has 0 saturated carbocycles. The van der Waals surface area contributed by atoms with Crippen LogP contribution in [0.2, 0.25) is 0 Å². The molecule has 6 heteroatoms. The van der Waals surface area contributed by atoms with E-state index in [0.29, 0.717) is 35.0 Å². The highest BCUT2D eigenvalue weighted by Gasteiger charge is 2.35. The smallest absolute Gasteiger partial charge is 0.268 e. The maximum Gasteiger partial charge on any atom is 0.268 e. The molecule has 1 aliphatic rings. The van der Waals surface area contributed by atoms with E-state index in [1.165, 1.54) is 3.97 Å². The third kappa shape index (κ3) is 2.66. The van der Waals surface area contributed by atoms with Crippen molar-refractivity contribution in [1.82, 2.24) is 3.97 Å². The maximum atomic E-state index is 13.4. The second kappa shape index (κ2) is 6.36. The van der Waals surface area contributed by atoms with Gasteiger partial charge in [-0.05, 0) is 38.0 Å². The van der Waals surface area contributed by atoms with E-state index in [0.717, 1.165) is 5.56 Å². The Balaban J connectivity index is 2.00. The van der Waals surface area contributed by atoms with Crippen LogP contribution in [-0.2, 0) is 16.4 Å². The summed E-state index contributed by atoms with van der Waals surface area (Å²) in [7, 11) is -3.83. The van der Waals surface area contributed by atoms with Gasteiger partial charge in [0.2, 0.25) is 0 Å². The molecule has 5 nitrogen and oxygen atoms in total. The van der Waals surface area contributed by atoms with Crippen LogP contribution in [0.3, 0.4) is 0 Å². The van der Waals surface area contributed by atoms with Crippen molar-refractivity contribution in [2.24, 2.45) is 5.92 Å². The summed E-state index contributed by atoms with van der Waals surface area (Å²) >= 11 is 0. The number of nitriles is 1. The van der Waals surface area contributed by atoms with Crippen LogP contribution in [0.5, 0.6) is 0 Å². The highest BCUT2D eigenvalue weighted by molar-refractivity contribution is 7.90. The van der Waals surface area contributed by atoms with E-state index in [2.05, 4.69) is 6.07 Å². The van der Waals surface area contributed by atoms with Gasteiger partial charge in [-0.2, -0.15) is 5.26 Å². The minimum atomic E-state index is -3.83. The fraction of sp³-hybridized carbons (Fsp3) is 0.238. The Morgan fingerprint density at radius 1 is 1.15 bits per heavy atom. The summed E-state index contributed by atoms with van der Waals surface area (Å²) in [4.78, 5) is 13.2. The van der Waals surface area contributed by atoms with Crippen LogP contribution >= 0.6 is 0 Å². The van der Waals surface area contributed by atoms with Crippen molar-refractivity contribution in [3.05, 3.63) is 65.4 Å². The Morgan fingerprint density at radius 2 is 1.85 bits per heavy atom. The average molecular weight is 378 g/mol. The van der Waals surface area contributed by atoms with Crippen LogP contribution in [0.4, 0.5) is 0 Å². The number of hydrogen-bond donors (Lipinski definition) is 0. The molecule has 1 aromatic heterocycles. The fourth-order valence-corrected chi connectivity index (χ4v) is 5.39. The summed E-state index contributed by atoms with van der Waals surface area (Å²) in [6.07, 6.45) is 1.09. The van der Waals surface area contributed by atoms with Crippen LogP contribution < -0.4 is 0 Å². The Hall–Kier alpha value is -2.91. The molecule has 136 valence electrons. The van der Waals surface area contributed by atoms with Gasteiger partial charge in [-0.1, -0.05) is 35.9 Å². The van der Waals surface area contributed by atoms with Gasteiger partial charge >= 0.3 is 0 Å². The third-order valence-corrected chi connectivity index (χ3v) is 6.94. The molecule has 1 aliphatic carbocycles. The zero-order valence-electron chi connectivity index (χ0n) is 14.8. The lowest BCUT2D eigenvalue weighted by Crippen LogP contribution is -2.25. The summed E-state index contributed by atoms with van der Waals surface area (Å²) in [5, 5.41) is 9.63. The third-order valence-electron chi connectivity index (χ3n) is 5.17. The highest BCUT2D eigenvalue weighted by atomic mass is 32.2. The molecule has 0 N–H and O–H groups in total. The number of aromatic nitrogens is 1. The first kappa shape index (κ1) is 17.5. The molecule has 0 radical (unpaired) electrons. The molecular formula is C21H18N2O3S. The lowest BCUT2D eigenvalue weighted by Gasteiger charge is -2.21. The van der Waals surface area contributed by atoms with Gasteiger partial charge in [0.25, 0.3) is 10.0 Å². The van der Waals surface area contributed by atoms with E-state index in [-0.39, 0.29) is 23.0 Å². The van der Waals surface area contributed by atoms with E-state index < -0.39 is 10.0 Å². The molecule has 0 aliphatic heterocycles. The predicted octanol–water partition coefficient (Wildman–Crippen LogP) is 3.85. The van der Waals surface area contributed by atoms with Crippen molar-refractivity contribution in [3.63, 3.8) is 0 Å². The quantitative estimate of drug-likeness (QED) is 0.693. The number of ketones is 1. The molecule has 1 heterocycles. The Kier molecular flexibility index (Phi) is 4.12. The summed E-state index contributed by atoms with van der Waals surface area (Å²) in [5.74, 6) is -0.504. The number of fused-ring (bicyclic) bond motifs is 3.